The van der Waals surface area contributed by atoms with E-state index in [2.05, 4.69) is 20.6 Å². The molecule has 3 rings (SSSR count). The van der Waals surface area contributed by atoms with Crippen molar-refractivity contribution in [2.24, 2.45) is 0 Å². The largest absolute Gasteiger partial charge is 0.325 e. The van der Waals surface area contributed by atoms with Crippen molar-refractivity contribution < 1.29 is 4.79 Å². The molecule has 2 aromatic heterocycles. The summed E-state index contributed by atoms with van der Waals surface area (Å²) in [6.07, 6.45) is 0. The highest BCUT2D eigenvalue weighted by Gasteiger charge is 2.23. The van der Waals surface area contributed by atoms with E-state index in [1.807, 2.05) is 20.8 Å². The van der Waals surface area contributed by atoms with Crippen molar-refractivity contribution in [3.8, 4) is 0 Å². The van der Waals surface area contributed by atoms with Crippen molar-refractivity contribution in [2.75, 3.05) is 11.1 Å². The molecule has 1 amide bonds. The Morgan fingerprint density at radius 3 is 2.62 bits per heavy atom. The summed E-state index contributed by atoms with van der Waals surface area (Å²) >= 11 is 8.28. The molecule has 10 heteroatoms. The Morgan fingerprint density at radius 2 is 1.96 bits per heavy atom. The van der Waals surface area contributed by atoms with Crippen LogP contribution in [0, 0.1) is 0 Å². The predicted octanol–water partition coefficient (Wildman–Crippen LogP) is 3.23. The lowest BCUT2D eigenvalue weighted by Crippen LogP contribution is -2.30. The van der Waals surface area contributed by atoms with E-state index in [0.29, 0.717) is 25.7 Å². The average molecular weight is 410 g/mol. The maximum Gasteiger partial charge on any atom is 0.297 e. The molecular weight excluding hydrogens is 394 g/mol. The highest BCUT2D eigenvalue weighted by Crippen LogP contribution is 2.24. The fraction of sp³-hybridized carbons (Fsp3) is 0.312. The molecule has 0 saturated heterocycles. The van der Waals surface area contributed by atoms with Gasteiger partial charge in [0, 0.05) is 16.1 Å². The number of nitrogens with one attached hydrogen (secondary N) is 1. The third-order valence-electron chi connectivity index (χ3n) is 3.34. The van der Waals surface area contributed by atoms with Gasteiger partial charge in [-0.15, -0.1) is 15.3 Å². The van der Waals surface area contributed by atoms with Gasteiger partial charge in [0.1, 0.15) is 5.69 Å². The highest BCUT2D eigenvalue weighted by molar-refractivity contribution is 8.01. The maximum absolute atomic E-state index is 12.5. The first-order valence-electron chi connectivity index (χ1n) is 7.69. The zero-order valence-electron chi connectivity index (χ0n) is 14.3. The summed E-state index contributed by atoms with van der Waals surface area (Å²) in [6, 6.07) is 6.86. The Kier molecular flexibility index (Phi) is 5.31. The molecule has 1 aromatic carbocycles. The minimum Gasteiger partial charge on any atom is -0.325 e. The summed E-state index contributed by atoms with van der Waals surface area (Å²) in [4.78, 5) is 25.0. The molecule has 2 heterocycles. The fourth-order valence-corrected chi connectivity index (χ4v) is 3.88. The molecule has 1 N–H and O–H groups in total. The van der Waals surface area contributed by atoms with Gasteiger partial charge in [-0.25, -0.2) is 0 Å². The van der Waals surface area contributed by atoms with Gasteiger partial charge in [-0.2, -0.15) is 4.52 Å². The van der Waals surface area contributed by atoms with E-state index in [4.69, 9.17) is 11.6 Å². The fourth-order valence-electron chi connectivity index (χ4n) is 2.08. The van der Waals surface area contributed by atoms with Crippen LogP contribution in [-0.4, -0.2) is 31.5 Å². The number of rotatable bonds is 4. The van der Waals surface area contributed by atoms with Crippen LogP contribution < -0.4 is 10.9 Å². The Morgan fingerprint density at radius 1 is 1.27 bits per heavy atom. The quantitative estimate of drug-likeness (QED) is 0.665. The number of hydrogen-bond donors (Lipinski definition) is 1. The third-order valence-corrected chi connectivity index (χ3v) is 5.62. The monoisotopic (exact) mass is 409 g/mol. The summed E-state index contributed by atoms with van der Waals surface area (Å²) in [7, 11) is 0. The molecule has 7 nitrogen and oxygen atoms in total. The van der Waals surface area contributed by atoms with E-state index in [9.17, 15) is 9.59 Å². The Bertz CT molecular complexity index is 1010. The number of carbonyl (C=O) groups is 1. The van der Waals surface area contributed by atoms with Crippen molar-refractivity contribution in [3.63, 3.8) is 0 Å². The first-order valence-corrected chi connectivity index (χ1v) is 9.87. The Hall–Kier alpha value is -1.97. The van der Waals surface area contributed by atoms with E-state index in [1.165, 1.54) is 27.6 Å². The standard InChI is InChI=1S/C16H16ClN5O2S2/c1-16(2,3)12-13(24)22-14(20-19-12)26-15(21-22)25-8-11(23)18-10-6-4-9(17)5-7-10/h4-7H,8H2,1-3H3,(H,18,23). The van der Waals surface area contributed by atoms with Gasteiger partial charge < -0.3 is 5.32 Å². The SMILES string of the molecule is CC(C)(C)c1nnc2sc(SCC(=O)Nc3ccc(Cl)cc3)nn2c1=O. The summed E-state index contributed by atoms with van der Waals surface area (Å²) in [5.41, 5.74) is 0.329. The maximum atomic E-state index is 12.5. The predicted molar refractivity (Wildman–Crippen MR) is 104 cm³/mol. The molecule has 0 aliphatic carbocycles. The lowest BCUT2D eigenvalue weighted by molar-refractivity contribution is -0.113. The van der Waals surface area contributed by atoms with Crippen LogP contribution in [0.25, 0.3) is 4.96 Å². The van der Waals surface area contributed by atoms with Crippen LogP contribution in [0.1, 0.15) is 26.5 Å². The second-order valence-electron chi connectivity index (χ2n) is 6.51. The minimum atomic E-state index is -0.416. The van der Waals surface area contributed by atoms with Gasteiger partial charge in [-0.05, 0) is 24.3 Å². The zero-order chi connectivity index (χ0) is 18.9. The molecule has 3 aromatic rings. The van der Waals surface area contributed by atoms with Crippen LogP contribution in [0.15, 0.2) is 33.4 Å². The van der Waals surface area contributed by atoms with E-state index in [1.54, 1.807) is 24.3 Å². The van der Waals surface area contributed by atoms with Crippen LogP contribution in [0.2, 0.25) is 5.02 Å². The smallest absolute Gasteiger partial charge is 0.297 e. The van der Waals surface area contributed by atoms with E-state index in [-0.39, 0.29) is 17.2 Å². The molecule has 0 unspecified atom stereocenters. The van der Waals surface area contributed by atoms with Crippen molar-refractivity contribution in [1.29, 1.82) is 0 Å². The second kappa shape index (κ2) is 7.34. The molecular formula is C16H16ClN5O2S2. The lowest BCUT2D eigenvalue weighted by Gasteiger charge is -2.14. The summed E-state index contributed by atoms with van der Waals surface area (Å²) in [6.45, 7) is 5.69. The summed E-state index contributed by atoms with van der Waals surface area (Å²) < 4.78 is 1.83. The molecule has 0 spiro atoms. The van der Waals surface area contributed by atoms with Crippen molar-refractivity contribution in [1.82, 2.24) is 19.8 Å². The number of anilines is 1. The summed E-state index contributed by atoms with van der Waals surface area (Å²) in [5.74, 6) is -0.0121. The number of aromatic nitrogens is 4. The number of halogens is 1. The number of benzene rings is 1. The zero-order valence-corrected chi connectivity index (χ0v) is 16.7. The molecule has 0 aliphatic rings. The third kappa shape index (κ3) is 4.22. The first-order chi connectivity index (χ1) is 12.2. The van der Waals surface area contributed by atoms with Gasteiger partial charge in [0.05, 0.1) is 5.75 Å². The van der Waals surface area contributed by atoms with Gasteiger partial charge in [0.2, 0.25) is 10.9 Å². The summed E-state index contributed by atoms with van der Waals surface area (Å²) in [5, 5.41) is 15.8. The Balaban J connectivity index is 1.71. The van der Waals surface area contributed by atoms with Crippen LogP contribution in [0.3, 0.4) is 0 Å². The molecule has 0 aliphatic heterocycles. The number of hydrogen-bond acceptors (Lipinski definition) is 7. The average Bonchev–Trinajstić information content (AvgIpc) is 2.98. The van der Waals surface area contributed by atoms with Crippen molar-refractivity contribution >= 4 is 51.3 Å². The van der Waals surface area contributed by atoms with E-state index < -0.39 is 5.41 Å². The number of amides is 1. The molecule has 0 radical (unpaired) electrons. The van der Waals surface area contributed by atoms with Gasteiger partial charge in [0.15, 0.2) is 4.34 Å². The normalized spacial score (nSPS) is 11.7. The van der Waals surface area contributed by atoms with Gasteiger partial charge in [-0.3, -0.25) is 9.59 Å². The van der Waals surface area contributed by atoms with Crippen molar-refractivity contribution in [3.05, 3.63) is 45.3 Å². The number of fused-ring (bicyclic) bond motifs is 1. The molecule has 0 bridgehead atoms. The lowest BCUT2D eigenvalue weighted by atomic mass is 9.93. The number of carbonyl (C=O) groups excluding carboxylic acids is 1. The molecule has 136 valence electrons. The minimum absolute atomic E-state index is 0.163. The molecule has 26 heavy (non-hydrogen) atoms. The van der Waals surface area contributed by atoms with Crippen LogP contribution in [-0.2, 0) is 10.2 Å². The number of nitrogens with zero attached hydrogens (tertiary/aromatic N) is 4. The second-order valence-corrected chi connectivity index (χ2v) is 9.12. The highest BCUT2D eigenvalue weighted by atomic mass is 35.5. The van der Waals surface area contributed by atoms with E-state index >= 15 is 0 Å². The van der Waals surface area contributed by atoms with Gasteiger partial charge in [0.25, 0.3) is 5.56 Å². The van der Waals surface area contributed by atoms with Gasteiger partial charge in [-0.1, -0.05) is 55.5 Å². The van der Waals surface area contributed by atoms with E-state index in [0.717, 1.165) is 0 Å². The van der Waals surface area contributed by atoms with Crippen LogP contribution in [0.5, 0.6) is 0 Å². The van der Waals surface area contributed by atoms with Gasteiger partial charge >= 0.3 is 0 Å². The molecule has 0 saturated carbocycles. The number of thioether (sulfide) groups is 1. The van der Waals surface area contributed by atoms with Crippen molar-refractivity contribution in [2.45, 2.75) is 30.5 Å². The van der Waals surface area contributed by atoms with Crippen LogP contribution in [0.4, 0.5) is 5.69 Å². The molecule has 0 atom stereocenters. The Labute approximate surface area is 162 Å². The molecule has 0 fully saturated rings. The van der Waals surface area contributed by atoms with Crippen LogP contribution >= 0.6 is 34.7 Å². The first kappa shape index (κ1) is 18.8. The topological polar surface area (TPSA) is 89.2 Å².